The molecule has 0 unspecified atom stereocenters. The summed E-state index contributed by atoms with van der Waals surface area (Å²) < 4.78 is 38.5. The van der Waals surface area contributed by atoms with Crippen molar-refractivity contribution in [2.75, 3.05) is 13.1 Å². The lowest BCUT2D eigenvalue weighted by Gasteiger charge is -2.25. The topological polar surface area (TPSA) is 28.0 Å². The maximum absolute atomic E-state index is 12.8. The van der Waals surface area contributed by atoms with Gasteiger partial charge in [0.25, 0.3) is 0 Å². The predicted octanol–water partition coefficient (Wildman–Crippen LogP) is 5.54. The van der Waals surface area contributed by atoms with Gasteiger partial charge in [0.2, 0.25) is 0 Å². The largest absolute Gasteiger partial charge is 0.417 e. The van der Waals surface area contributed by atoms with Crippen molar-refractivity contribution in [2.45, 2.75) is 31.9 Å². The zero-order valence-electron chi connectivity index (χ0n) is 11.8. The van der Waals surface area contributed by atoms with Gasteiger partial charge in [0.1, 0.15) is 0 Å². The third-order valence-electron chi connectivity index (χ3n) is 3.94. The van der Waals surface area contributed by atoms with E-state index in [2.05, 4.69) is 15.1 Å². The summed E-state index contributed by atoms with van der Waals surface area (Å²) in [6.07, 6.45) is -0.574. The lowest BCUT2D eigenvalue weighted by Crippen LogP contribution is -2.23. The number of hydrogen-bond acceptors (Lipinski definition) is 3. The highest BCUT2D eigenvalue weighted by Gasteiger charge is 2.33. The third kappa shape index (κ3) is 3.11. The van der Waals surface area contributed by atoms with Crippen molar-refractivity contribution in [3.05, 3.63) is 40.2 Å². The highest BCUT2D eigenvalue weighted by atomic mass is 35.5. The van der Waals surface area contributed by atoms with Crippen molar-refractivity contribution >= 4 is 17.3 Å². The monoisotopic (exact) mass is 329 g/mol. The Kier molecular flexibility index (Phi) is 4.12. The molecule has 0 spiro atoms. The average molecular weight is 330 g/mol. The van der Waals surface area contributed by atoms with Crippen LogP contribution in [0.25, 0.3) is 0 Å². The molecule has 0 atom stereocenters. The fraction of sp³-hybridized carbons (Fsp3) is 0.467. The maximum Gasteiger partial charge on any atom is 0.417 e. The average Bonchev–Trinajstić information content (AvgIpc) is 2.94. The fourth-order valence-electron chi connectivity index (χ4n) is 2.90. The number of fused-ring (bicyclic) bond motifs is 1. The first kappa shape index (κ1) is 15.3. The van der Waals surface area contributed by atoms with Crippen LogP contribution in [0.4, 0.5) is 18.9 Å². The van der Waals surface area contributed by atoms with Gasteiger partial charge in [-0.1, -0.05) is 11.6 Å². The summed E-state index contributed by atoms with van der Waals surface area (Å²) in [6, 6.07) is 3.59. The van der Waals surface area contributed by atoms with Gasteiger partial charge in [-0.3, -0.25) is 0 Å². The molecule has 22 heavy (non-hydrogen) atoms. The highest BCUT2D eigenvalue weighted by molar-refractivity contribution is 6.31. The van der Waals surface area contributed by atoms with Gasteiger partial charge in [-0.15, -0.1) is 0 Å². The zero-order valence-corrected chi connectivity index (χ0v) is 12.6. The van der Waals surface area contributed by atoms with Gasteiger partial charge < -0.3 is 4.90 Å². The molecule has 0 saturated carbocycles. The molecule has 0 amide bonds. The van der Waals surface area contributed by atoms with E-state index >= 15 is 0 Å². The summed E-state index contributed by atoms with van der Waals surface area (Å²) in [7, 11) is 0. The Hall–Kier alpha value is -1.56. The molecule has 2 aliphatic heterocycles. The predicted molar refractivity (Wildman–Crippen MR) is 78.0 cm³/mol. The van der Waals surface area contributed by atoms with E-state index in [1.54, 1.807) is 0 Å². The number of benzene rings is 1. The van der Waals surface area contributed by atoms with Crippen molar-refractivity contribution in [1.82, 2.24) is 4.90 Å². The van der Waals surface area contributed by atoms with E-state index in [4.69, 9.17) is 11.6 Å². The fourth-order valence-corrected chi connectivity index (χ4v) is 3.13. The SMILES string of the molecule is FC(F)(F)c1cc(N=NC2=C3CCCN3CCC2)ccc1Cl. The van der Waals surface area contributed by atoms with Crippen molar-refractivity contribution in [1.29, 1.82) is 0 Å². The Balaban J connectivity index is 1.87. The first-order valence-corrected chi connectivity index (χ1v) is 7.58. The van der Waals surface area contributed by atoms with Crippen molar-refractivity contribution in [2.24, 2.45) is 10.2 Å². The van der Waals surface area contributed by atoms with Gasteiger partial charge in [0, 0.05) is 18.8 Å². The molecule has 3 nitrogen and oxygen atoms in total. The summed E-state index contributed by atoms with van der Waals surface area (Å²) in [6.45, 7) is 2.07. The van der Waals surface area contributed by atoms with Crippen LogP contribution in [0.15, 0.2) is 39.8 Å². The highest BCUT2D eigenvalue weighted by Crippen LogP contribution is 2.37. The number of azo groups is 1. The van der Waals surface area contributed by atoms with Crippen molar-refractivity contribution in [3.8, 4) is 0 Å². The van der Waals surface area contributed by atoms with E-state index < -0.39 is 11.7 Å². The van der Waals surface area contributed by atoms with Crippen LogP contribution in [-0.4, -0.2) is 18.0 Å². The standard InChI is InChI=1S/C15H15ClF3N3/c16-12-6-5-10(9-11(12)15(17,18)19)20-21-13-3-1-7-22-8-2-4-14(13)22/h5-6,9H,1-4,7-8H2. The summed E-state index contributed by atoms with van der Waals surface area (Å²) in [4.78, 5) is 2.29. The van der Waals surface area contributed by atoms with Crippen molar-refractivity contribution < 1.29 is 13.2 Å². The summed E-state index contributed by atoms with van der Waals surface area (Å²) in [5.74, 6) is 0. The van der Waals surface area contributed by atoms with Crippen LogP contribution in [0.5, 0.6) is 0 Å². The second-order valence-electron chi connectivity index (χ2n) is 5.45. The molecule has 1 aromatic carbocycles. The number of hydrogen-bond donors (Lipinski definition) is 0. The lowest BCUT2D eigenvalue weighted by molar-refractivity contribution is -0.137. The first-order chi connectivity index (χ1) is 10.4. The normalized spacial score (nSPS) is 19.2. The molecule has 0 N–H and O–H groups in total. The van der Waals surface area contributed by atoms with E-state index in [9.17, 15) is 13.2 Å². The minimum atomic E-state index is -4.49. The lowest BCUT2D eigenvalue weighted by atomic mass is 10.1. The molecular weight excluding hydrogens is 315 g/mol. The van der Waals surface area contributed by atoms with Gasteiger partial charge in [0.05, 0.1) is 22.0 Å². The van der Waals surface area contributed by atoms with Crippen LogP contribution < -0.4 is 0 Å². The summed E-state index contributed by atoms with van der Waals surface area (Å²) >= 11 is 5.59. The smallest absolute Gasteiger partial charge is 0.373 e. The van der Waals surface area contributed by atoms with E-state index in [1.807, 2.05) is 0 Å². The molecule has 2 heterocycles. The molecule has 0 aliphatic carbocycles. The molecule has 7 heteroatoms. The Labute approximate surface area is 131 Å². The third-order valence-corrected chi connectivity index (χ3v) is 4.27. The van der Waals surface area contributed by atoms with Gasteiger partial charge in [-0.25, -0.2) is 0 Å². The van der Waals surface area contributed by atoms with Gasteiger partial charge in [-0.05, 0) is 43.9 Å². The Morgan fingerprint density at radius 2 is 1.77 bits per heavy atom. The summed E-state index contributed by atoms with van der Waals surface area (Å²) in [5.41, 5.74) is 1.38. The van der Waals surface area contributed by atoms with Crippen LogP contribution in [0.1, 0.15) is 31.2 Å². The van der Waals surface area contributed by atoms with E-state index in [0.717, 1.165) is 50.5 Å². The Morgan fingerprint density at radius 1 is 1.05 bits per heavy atom. The van der Waals surface area contributed by atoms with E-state index in [1.165, 1.54) is 17.8 Å². The van der Waals surface area contributed by atoms with Crippen LogP contribution >= 0.6 is 11.6 Å². The Morgan fingerprint density at radius 3 is 2.50 bits per heavy atom. The number of halogens is 4. The summed E-state index contributed by atoms with van der Waals surface area (Å²) in [5, 5.41) is 7.86. The number of allylic oxidation sites excluding steroid dienone is 2. The zero-order chi connectivity index (χ0) is 15.7. The molecule has 2 aliphatic rings. The number of rotatable bonds is 2. The van der Waals surface area contributed by atoms with E-state index in [0.29, 0.717) is 0 Å². The van der Waals surface area contributed by atoms with Crippen LogP contribution in [-0.2, 0) is 6.18 Å². The number of nitrogens with zero attached hydrogens (tertiary/aromatic N) is 3. The quantitative estimate of drug-likeness (QED) is 0.654. The van der Waals surface area contributed by atoms with Gasteiger partial charge >= 0.3 is 6.18 Å². The molecule has 0 radical (unpaired) electrons. The van der Waals surface area contributed by atoms with Crippen LogP contribution in [0, 0.1) is 0 Å². The molecule has 1 aromatic rings. The molecule has 1 fully saturated rings. The van der Waals surface area contributed by atoms with Gasteiger partial charge in [-0.2, -0.15) is 23.4 Å². The van der Waals surface area contributed by atoms with E-state index in [-0.39, 0.29) is 10.7 Å². The minimum absolute atomic E-state index is 0.167. The molecular formula is C15H15ClF3N3. The molecule has 3 rings (SSSR count). The Bertz CT molecular complexity index is 637. The second kappa shape index (κ2) is 5.91. The van der Waals surface area contributed by atoms with Crippen LogP contribution in [0.2, 0.25) is 5.02 Å². The molecule has 1 saturated heterocycles. The van der Waals surface area contributed by atoms with Gasteiger partial charge in [0.15, 0.2) is 0 Å². The first-order valence-electron chi connectivity index (χ1n) is 7.20. The van der Waals surface area contributed by atoms with Crippen molar-refractivity contribution in [3.63, 3.8) is 0 Å². The number of alkyl halides is 3. The maximum atomic E-state index is 12.8. The minimum Gasteiger partial charge on any atom is -0.373 e. The molecule has 0 aromatic heterocycles. The molecule has 118 valence electrons. The van der Waals surface area contributed by atoms with Crippen LogP contribution in [0.3, 0.4) is 0 Å². The second-order valence-corrected chi connectivity index (χ2v) is 5.86. The molecule has 0 bridgehead atoms.